The van der Waals surface area contributed by atoms with Gasteiger partial charge in [0.15, 0.2) is 0 Å². The molecule has 0 N–H and O–H groups in total. The van der Waals surface area contributed by atoms with E-state index in [1.807, 2.05) is 0 Å². The van der Waals surface area contributed by atoms with E-state index < -0.39 is 11.9 Å². The molecular formula is C13H14F3N5O. The Morgan fingerprint density at radius 2 is 2.14 bits per heavy atom. The highest BCUT2D eigenvalue weighted by Crippen LogP contribution is 2.31. The van der Waals surface area contributed by atoms with Crippen LogP contribution in [0.15, 0.2) is 16.7 Å². The van der Waals surface area contributed by atoms with Gasteiger partial charge in [-0.2, -0.15) is 13.2 Å². The van der Waals surface area contributed by atoms with E-state index in [0.717, 1.165) is 25.1 Å². The van der Waals surface area contributed by atoms with Gasteiger partial charge >= 0.3 is 6.18 Å². The lowest BCUT2D eigenvalue weighted by atomic mass is 9.98. The van der Waals surface area contributed by atoms with E-state index in [4.69, 9.17) is 4.42 Å². The van der Waals surface area contributed by atoms with Crippen molar-refractivity contribution in [2.75, 3.05) is 18.0 Å². The third kappa shape index (κ3) is 3.02. The number of piperidine rings is 1. The minimum Gasteiger partial charge on any atom is -0.425 e. The molecule has 118 valence electrons. The summed E-state index contributed by atoms with van der Waals surface area (Å²) in [6.45, 7) is 2.76. The quantitative estimate of drug-likeness (QED) is 0.849. The molecule has 1 fully saturated rings. The first-order valence-electron chi connectivity index (χ1n) is 6.88. The molecule has 2 aromatic heterocycles. The number of alkyl halides is 3. The van der Waals surface area contributed by atoms with Crippen LogP contribution in [0.4, 0.5) is 19.1 Å². The monoisotopic (exact) mass is 313 g/mol. The Bertz CT molecular complexity index is 657. The number of hydrogen-bond acceptors (Lipinski definition) is 6. The highest BCUT2D eigenvalue weighted by Gasteiger charge is 2.34. The molecule has 6 nitrogen and oxygen atoms in total. The lowest BCUT2D eigenvalue weighted by Gasteiger charge is -2.31. The maximum Gasteiger partial charge on any atom is 0.433 e. The molecule has 9 heteroatoms. The third-order valence-corrected chi connectivity index (χ3v) is 3.53. The largest absolute Gasteiger partial charge is 0.433 e. The van der Waals surface area contributed by atoms with Crippen molar-refractivity contribution in [2.45, 2.75) is 31.9 Å². The maximum atomic E-state index is 12.7. The summed E-state index contributed by atoms with van der Waals surface area (Å²) in [5.74, 6) is 1.04. The van der Waals surface area contributed by atoms with Crippen molar-refractivity contribution in [1.29, 1.82) is 0 Å². The molecule has 3 rings (SSSR count). The molecule has 3 heterocycles. The van der Waals surface area contributed by atoms with E-state index >= 15 is 0 Å². The molecule has 0 bridgehead atoms. The number of anilines is 1. The van der Waals surface area contributed by atoms with Crippen molar-refractivity contribution in [3.05, 3.63) is 29.7 Å². The fraction of sp³-hybridized carbons (Fsp3) is 0.538. The molecule has 1 aliphatic heterocycles. The van der Waals surface area contributed by atoms with Crippen LogP contribution in [-0.2, 0) is 6.18 Å². The zero-order valence-corrected chi connectivity index (χ0v) is 11.8. The topological polar surface area (TPSA) is 67.9 Å². The summed E-state index contributed by atoms with van der Waals surface area (Å²) < 4.78 is 43.6. The van der Waals surface area contributed by atoms with Gasteiger partial charge in [0.25, 0.3) is 0 Å². The number of aryl methyl sites for hydroxylation is 1. The molecule has 1 aliphatic rings. The zero-order valence-electron chi connectivity index (χ0n) is 11.8. The smallest absolute Gasteiger partial charge is 0.425 e. The van der Waals surface area contributed by atoms with Gasteiger partial charge in [-0.3, -0.25) is 0 Å². The number of rotatable bonds is 2. The van der Waals surface area contributed by atoms with Crippen LogP contribution in [0.3, 0.4) is 0 Å². The van der Waals surface area contributed by atoms with E-state index in [-0.39, 0.29) is 11.9 Å². The Labute approximate surface area is 124 Å². The van der Waals surface area contributed by atoms with Gasteiger partial charge in [-0.1, -0.05) is 0 Å². The first-order chi connectivity index (χ1) is 10.4. The molecule has 0 spiro atoms. The fourth-order valence-corrected chi connectivity index (χ4v) is 2.50. The Morgan fingerprint density at radius 3 is 2.82 bits per heavy atom. The summed E-state index contributed by atoms with van der Waals surface area (Å²) in [6, 6.07) is 0.867. The molecule has 0 aromatic carbocycles. The summed E-state index contributed by atoms with van der Waals surface area (Å²) >= 11 is 0. The van der Waals surface area contributed by atoms with Crippen molar-refractivity contribution >= 4 is 5.95 Å². The summed E-state index contributed by atoms with van der Waals surface area (Å²) in [7, 11) is 0. The van der Waals surface area contributed by atoms with Crippen molar-refractivity contribution in [1.82, 2.24) is 20.2 Å². The van der Waals surface area contributed by atoms with Crippen molar-refractivity contribution < 1.29 is 17.6 Å². The second-order valence-electron chi connectivity index (χ2n) is 5.18. The van der Waals surface area contributed by atoms with Gasteiger partial charge in [0.05, 0.1) is 5.92 Å². The summed E-state index contributed by atoms with van der Waals surface area (Å²) in [4.78, 5) is 9.31. The number of hydrogen-bond donors (Lipinski definition) is 0. The predicted molar refractivity (Wildman–Crippen MR) is 70.3 cm³/mol. The number of halogens is 3. The maximum absolute atomic E-state index is 12.7. The highest BCUT2D eigenvalue weighted by molar-refractivity contribution is 5.32. The van der Waals surface area contributed by atoms with Crippen molar-refractivity contribution in [3.8, 4) is 0 Å². The van der Waals surface area contributed by atoms with E-state index in [2.05, 4.69) is 20.2 Å². The molecule has 0 amide bonds. The summed E-state index contributed by atoms with van der Waals surface area (Å²) in [6.07, 6.45) is -1.70. The predicted octanol–water partition coefficient (Wildman–Crippen LogP) is 2.57. The van der Waals surface area contributed by atoms with Crippen LogP contribution >= 0.6 is 0 Å². The first kappa shape index (κ1) is 14.7. The van der Waals surface area contributed by atoms with Gasteiger partial charge in [0, 0.05) is 26.2 Å². The molecule has 2 aromatic rings. The molecule has 1 saturated heterocycles. The van der Waals surface area contributed by atoms with Crippen molar-refractivity contribution in [3.63, 3.8) is 0 Å². The lowest BCUT2D eigenvalue weighted by Crippen LogP contribution is -2.36. The number of aromatic nitrogens is 4. The minimum atomic E-state index is -4.48. The van der Waals surface area contributed by atoms with Crippen LogP contribution in [-0.4, -0.2) is 33.3 Å². The molecule has 0 saturated carbocycles. The fourth-order valence-electron chi connectivity index (χ4n) is 2.50. The van der Waals surface area contributed by atoms with Crippen LogP contribution in [0.5, 0.6) is 0 Å². The molecule has 1 unspecified atom stereocenters. The lowest BCUT2D eigenvalue weighted by molar-refractivity contribution is -0.141. The average Bonchev–Trinajstić information content (AvgIpc) is 2.93. The van der Waals surface area contributed by atoms with E-state index in [0.29, 0.717) is 24.9 Å². The molecule has 1 atom stereocenters. The molecule has 0 aliphatic carbocycles. The van der Waals surface area contributed by atoms with Gasteiger partial charge in [0.2, 0.25) is 17.7 Å². The Morgan fingerprint density at radius 1 is 1.32 bits per heavy atom. The third-order valence-electron chi connectivity index (χ3n) is 3.53. The zero-order chi connectivity index (χ0) is 15.7. The van der Waals surface area contributed by atoms with Crippen LogP contribution in [0.25, 0.3) is 0 Å². The van der Waals surface area contributed by atoms with Gasteiger partial charge in [-0.05, 0) is 18.9 Å². The number of nitrogens with zero attached hydrogens (tertiary/aromatic N) is 5. The van der Waals surface area contributed by atoms with E-state index in [1.54, 1.807) is 11.8 Å². The van der Waals surface area contributed by atoms with Crippen LogP contribution in [0.2, 0.25) is 0 Å². The van der Waals surface area contributed by atoms with Gasteiger partial charge in [-0.25, -0.2) is 9.97 Å². The minimum absolute atomic E-state index is 0.0203. The standard InChI is InChI=1S/C13H14F3N5O/c1-8-19-20-11(22-8)9-3-2-6-21(7-9)12-17-5-4-10(18-12)13(14,15)16/h4-5,9H,2-3,6-7H2,1H3. The van der Waals surface area contributed by atoms with Crippen LogP contribution < -0.4 is 4.90 Å². The SMILES string of the molecule is Cc1nnc(C2CCCN(c3nccc(C(F)(F)F)n3)C2)o1. The van der Waals surface area contributed by atoms with Gasteiger partial charge < -0.3 is 9.32 Å². The molecule has 0 radical (unpaired) electrons. The summed E-state index contributed by atoms with van der Waals surface area (Å²) in [5, 5.41) is 7.78. The molecular weight excluding hydrogens is 299 g/mol. The second kappa shape index (κ2) is 5.54. The van der Waals surface area contributed by atoms with Gasteiger partial charge in [0.1, 0.15) is 5.69 Å². The Hall–Kier alpha value is -2.19. The van der Waals surface area contributed by atoms with Crippen LogP contribution in [0.1, 0.15) is 36.2 Å². The highest BCUT2D eigenvalue weighted by atomic mass is 19.4. The second-order valence-corrected chi connectivity index (χ2v) is 5.18. The average molecular weight is 313 g/mol. The normalized spacial score (nSPS) is 19.5. The molecule has 22 heavy (non-hydrogen) atoms. The first-order valence-corrected chi connectivity index (χ1v) is 6.88. The van der Waals surface area contributed by atoms with Gasteiger partial charge in [-0.15, -0.1) is 10.2 Å². The Balaban J connectivity index is 1.80. The van der Waals surface area contributed by atoms with Crippen molar-refractivity contribution in [2.24, 2.45) is 0 Å². The van der Waals surface area contributed by atoms with E-state index in [9.17, 15) is 13.2 Å². The van der Waals surface area contributed by atoms with E-state index in [1.165, 1.54) is 0 Å². The summed E-state index contributed by atoms with van der Waals surface area (Å²) in [5.41, 5.74) is -0.937. The van der Waals surface area contributed by atoms with Crippen LogP contribution in [0, 0.1) is 6.92 Å². The Kier molecular flexibility index (Phi) is 3.71.